The van der Waals surface area contributed by atoms with Crippen LogP contribution in [-0.4, -0.2) is 49.5 Å². The van der Waals surface area contributed by atoms with Crippen molar-refractivity contribution in [1.82, 2.24) is 9.78 Å². The topological polar surface area (TPSA) is 75.5 Å². The van der Waals surface area contributed by atoms with Gasteiger partial charge in [-0.3, -0.25) is 9.48 Å². The predicted molar refractivity (Wildman–Crippen MR) is 87.4 cm³/mol. The second-order valence-electron chi connectivity index (χ2n) is 5.61. The molecule has 1 aromatic carbocycles. The molecule has 134 valence electrons. The van der Waals surface area contributed by atoms with Crippen LogP contribution in [0.5, 0.6) is 0 Å². The SMILES string of the molecule is Cn1cc(N2CCN(c3ccccc3S(=O)(=O)C(F)F)CC2=O)cn1. The summed E-state index contributed by atoms with van der Waals surface area (Å²) in [6, 6.07) is 5.50. The Kier molecular flexibility index (Phi) is 4.46. The highest BCUT2D eigenvalue weighted by atomic mass is 32.2. The quantitative estimate of drug-likeness (QED) is 0.810. The first-order valence-electron chi connectivity index (χ1n) is 7.46. The number of hydrogen-bond donors (Lipinski definition) is 0. The number of benzene rings is 1. The van der Waals surface area contributed by atoms with E-state index < -0.39 is 20.5 Å². The first kappa shape index (κ1) is 17.3. The van der Waals surface area contributed by atoms with Crippen molar-refractivity contribution < 1.29 is 22.0 Å². The molecule has 1 saturated heterocycles. The number of aryl methyl sites for hydroxylation is 1. The number of halogens is 2. The van der Waals surface area contributed by atoms with E-state index in [2.05, 4.69) is 5.10 Å². The molecule has 0 atom stereocenters. The number of piperazine rings is 1. The number of alkyl halides is 2. The average Bonchev–Trinajstić information content (AvgIpc) is 3.00. The van der Waals surface area contributed by atoms with Crippen molar-refractivity contribution in [3.63, 3.8) is 0 Å². The summed E-state index contributed by atoms with van der Waals surface area (Å²) in [5.41, 5.74) is 0.752. The molecule has 1 aromatic heterocycles. The molecule has 0 N–H and O–H groups in total. The smallest absolute Gasteiger partial charge is 0.341 e. The largest absolute Gasteiger partial charge is 0.359 e. The normalized spacial score (nSPS) is 15.9. The summed E-state index contributed by atoms with van der Waals surface area (Å²) in [5, 5.41) is 4.02. The maximum atomic E-state index is 12.9. The Hall–Kier alpha value is -2.49. The van der Waals surface area contributed by atoms with E-state index in [-0.39, 0.29) is 18.1 Å². The van der Waals surface area contributed by atoms with Crippen molar-refractivity contribution in [2.45, 2.75) is 10.7 Å². The van der Waals surface area contributed by atoms with E-state index in [1.807, 2.05) is 0 Å². The average molecular weight is 370 g/mol. The minimum atomic E-state index is -4.75. The monoisotopic (exact) mass is 370 g/mol. The number of nitrogens with zero attached hydrogens (tertiary/aromatic N) is 4. The van der Waals surface area contributed by atoms with Crippen LogP contribution in [0.3, 0.4) is 0 Å². The first-order valence-corrected chi connectivity index (χ1v) is 9.00. The number of anilines is 2. The third-order valence-corrected chi connectivity index (χ3v) is 5.40. The molecule has 2 aromatic rings. The highest BCUT2D eigenvalue weighted by Crippen LogP contribution is 2.30. The molecule has 2 heterocycles. The van der Waals surface area contributed by atoms with Gasteiger partial charge in [-0.1, -0.05) is 12.1 Å². The van der Waals surface area contributed by atoms with Crippen LogP contribution < -0.4 is 9.80 Å². The number of para-hydroxylation sites is 1. The van der Waals surface area contributed by atoms with Crippen molar-refractivity contribution in [1.29, 1.82) is 0 Å². The number of carbonyl (C=O) groups excluding carboxylic acids is 1. The lowest BCUT2D eigenvalue weighted by atomic mass is 10.2. The molecule has 0 saturated carbocycles. The van der Waals surface area contributed by atoms with Gasteiger partial charge in [-0.15, -0.1) is 0 Å². The molecule has 25 heavy (non-hydrogen) atoms. The van der Waals surface area contributed by atoms with Crippen LogP contribution >= 0.6 is 0 Å². The fraction of sp³-hybridized carbons (Fsp3) is 0.333. The zero-order valence-corrected chi connectivity index (χ0v) is 14.2. The number of hydrogen-bond acceptors (Lipinski definition) is 5. The fourth-order valence-electron chi connectivity index (χ4n) is 2.75. The van der Waals surface area contributed by atoms with Crippen molar-refractivity contribution in [3.8, 4) is 0 Å². The maximum absolute atomic E-state index is 12.9. The zero-order valence-electron chi connectivity index (χ0n) is 13.3. The predicted octanol–water partition coefficient (Wildman–Crippen LogP) is 1.27. The van der Waals surface area contributed by atoms with Gasteiger partial charge >= 0.3 is 5.76 Å². The minimum Gasteiger partial charge on any atom is -0.359 e. The van der Waals surface area contributed by atoms with E-state index in [9.17, 15) is 22.0 Å². The van der Waals surface area contributed by atoms with Crippen LogP contribution in [0.25, 0.3) is 0 Å². The second-order valence-corrected chi connectivity index (χ2v) is 7.50. The van der Waals surface area contributed by atoms with Crippen LogP contribution in [0.1, 0.15) is 0 Å². The number of carbonyl (C=O) groups is 1. The van der Waals surface area contributed by atoms with E-state index in [1.54, 1.807) is 30.2 Å². The third kappa shape index (κ3) is 3.21. The van der Waals surface area contributed by atoms with Gasteiger partial charge in [0.25, 0.3) is 0 Å². The van der Waals surface area contributed by atoms with E-state index in [1.165, 1.54) is 21.9 Å². The van der Waals surface area contributed by atoms with Gasteiger partial charge in [-0.2, -0.15) is 13.9 Å². The van der Waals surface area contributed by atoms with Crippen LogP contribution in [0.2, 0.25) is 0 Å². The summed E-state index contributed by atoms with van der Waals surface area (Å²) in [4.78, 5) is 15.0. The van der Waals surface area contributed by atoms with Gasteiger partial charge in [0.2, 0.25) is 15.7 Å². The Morgan fingerprint density at radius 2 is 1.92 bits per heavy atom. The molecule has 0 unspecified atom stereocenters. The standard InChI is InChI=1S/C15H16F2N4O3S/c1-19-9-11(8-18-19)21-7-6-20(10-14(21)22)12-4-2-3-5-13(12)25(23,24)15(16)17/h2-5,8-9,15H,6-7,10H2,1H3. The lowest BCUT2D eigenvalue weighted by Gasteiger charge is -2.35. The van der Waals surface area contributed by atoms with E-state index in [0.29, 0.717) is 18.8 Å². The molecule has 1 amide bonds. The van der Waals surface area contributed by atoms with Gasteiger partial charge < -0.3 is 9.80 Å². The molecule has 0 aliphatic carbocycles. The molecular formula is C15H16F2N4O3S. The van der Waals surface area contributed by atoms with E-state index in [0.717, 1.165) is 6.07 Å². The van der Waals surface area contributed by atoms with Gasteiger partial charge in [-0.25, -0.2) is 8.42 Å². The Labute approximate surface area is 143 Å². The summed E-state index contributed by atoms with van der Waals surface area (Å²) in [6.45, 7) is 0.509. The number of sulfone groups is 1. The van der Waals surface area contributed by atoms with Gasteiger partial charge in [0.15, 0.2) is 0 Å². The lowest BCUT2D eigenvalue weighted by Crippen LogP contribution is -2.51. The van der Waals surface area contributed by atoms with Crippen molar-refractivity contribution in [2.24, 2.45) is 7.05 Å². The molecule has 3 rings (SSSR count). The first-order chi connectivity index (χ1) is 11.8. The molecule has 1 aliphatic heterocycles. The molecule has 0 bridgehead atoms. The summed E-state index contributed by atoms with van der Waals surface area (Å²) >= 11 is 0. The van der Waals surface area contributed by atoms with Crippen LogP contribution in [-0.2, 0) is 21.7 Å². The van der Waals surface area contributed by atoms with Crippen LogP contribution in [0.4, 0.5) is 20.2 Å². The Morgan fingerprint density at radius 3 is 2.52 bits per heavy atom. The summed E-state index contributed by atoms with van der Waals surface area (Å²) < 4.78 is 51.2. The van der Waals surface area contributed by atoms with Gasteiger partial charge in [0.05, 0.1) is 29.0 Å². The molecule has 7 nitrogen and oxygen atoms in total. The van der Waals surface area contributed by atoms with Crippen molar-refractivity contribution >= 4 is 27.1 Å². The van der Waals surface area contributed by atoms with E-state index in [4.69, 9.17) is 0 Å². The lowest BCUT2D eigenvalue weighted by molar-refractivity contribution is -0.117. The number of aromatic nitrogens is 2. The highest BCUT2D eigenvalue weighted by Gasteiger charge is 2.33. The molecule has 1 aliphatic rings. The Morgan fingerprint density at radius 1 is 1.20 bits per heavy atom. The van der Waals surface area contributed by atoms with Crippen molar-refractivity contribution in [2.75, 3.05) is 29.4 Å². The van der Waals surface area contributed by atoms with Gasteiger partial charge in [-0.05, 0) is 12.1 Å². The van der Waals surface area contributed by atoms with Crippen molar-refractivity contribution in [3.05, 3.63) is 36.7 Å². The van der Waals surface area contributed by atoms with Gasteiger partial charge in [0, 0.05) is 26.3 Å². The maximum Gasteiger partial charge on any atom is 0.341 e. The third-order valence-electron chi connectivity index (χ3n) is 3.97. The zero-order chi connectivity index (χ0) is 18.2. The molecule has 10 heteroatoms. The molecule has 1 fully saturated rings. The summed E-state index contributed by atoms with van der Waals surface area (Å²) in [5.74, 6) is -3.77. The summed E-state index contributed by atoms with van der Waals surface area (Å²) in [6.07, 6.45) is 3.26. The second kappa shape index (κ2) is 6.43. The molecule has 0 spiro atoms. The van der Waals surface area contributed by atoms with E-state index >= 15 is 0 Å². The van der Waals surface area contributed by atoms with Gasteiger partial charge in [0.1, 0.15) is 0 Å². The Balaban J connectivity index is 1.87. The Bertz CT molecular complexity index is 898. The molecular weight excluding hydrogens is 354 g/mol. The molecule has 0 radical (unpaired) electrons. The summed E-state index contributed by atoms with van der Waals surface area (Å²) in [7, 11) is -3.02. The fourth-order valence-corrected chi connectivity index (χ4v) is 3.70. The number of rotatable bonds is 4. The highest BCUT2D eigenvalue weighted by molar-refractivity contribution is 7.91. The van der Waals surface area contributed by atoms with Crippen LogP contribution in [0, 0.1) is 0 Å². The minimum absolute atomic E-state index is 0.106. The number of amides is 1. The van der Waals surface area contributed by atoms with Crippen LogP contribution in [0.15, 0.2) is 41.6 Å².